The van der Waals surface area contributed by atoms with E-state index in [2.05, 4.69) is 15.0 Å². The topological polar surface area (TPSA) is 139 Å². The Kier molecular flexibility index (Phi) is 3.13. The number of hydrogen-bond donors (Lipinski definition) is 4. The molecule has 1 fully saturated rings. The molecule has 1 saturated heterocycles. The Labute approximate surface area is 117 Å². The SMILES string of the molecule is Nc1nc2c(ncn2[C@@H]2O[C@H](CO)[C@@H](O)[C@H]2Cl)c(=O)[nH]1. The minimum Gasteiger partial charge on any atom is -0.394 e. The lowest BCUT2D eigenvalue weighted by molar-refractivity contribution is -0.0431. The van der Waals surface area contributed by atoms with Crippen molar-refractivity contribution in [1.82, 2.24) is 19.5 Å². The molecule has 4 atom stereocenters. The average molecular weight is 302 g/mol. The van der Waals surface area contributed by atoms with Crippen molar-refractivity contribution in [3.63, 3.8) is 0 Å². The first kappa shape index (κ1) is 13.3. The van der Waals surface area contributed by atoms with Crippen LogP contribution in [0, 0.1) is 0 Å². The number of H-pyrrole nitrogens is 1. The number of hydrogen-bond acceptors (Lipinski definition) is 7. The van der Waals surface area contributed by atoms with Crippen molar-refractivity contribution in [2.45, 2.75) is 23.8 Å². The second-order valence-electron chi connectivity index (χ2n) is 4.46. The molecular weight excluding hydrogens is 290 g/mol. The Hall–Kier alpha value is -1.68. The highest BCUT2D eigenvalue weighted by Gasteiger charge is 2.43. The summed E-state index contributed by atoms with van der Waals surface area (Å²) in [6.45, 7) is -0.371. The molecule has 1 aliphatic heterocycles. The number of ether oxygens (including phenoxy) is 1. The Balaban J connectivity index is 2.09. The Bertz CT molecular complexity index is 701. The van der Waals surface area contributed by atoms with Crippen LogP contribution in [0.15, 0.2) is 11.1 Å². The van der Waals surface area contributed by atoms with Gasteiger partial charge in [0.1, 0.15) is 17.6 Å². The highest BCUT2D eigenvalue weighted by atomic mass is 35.5. The molecule has 0 spiro atoms. The molecule has 5 N–H and O–H groups in total. The summed E-state index contributed by atoms with van der Waals surface area (Å²) in [6, 6.07) is 0. The fraction of sp³-hybridized carbons (Fsp3) is 0.500. The number of alkyl halides is 1. The van der Waals surface area contributed by atoms with E-state index in [-0.39, 0.29) is 23.7 Å². The highest BCUT2D eigenvalue weighted by Crippen LogP contribution is 2.34. The fourth-order valence-corrected chi connectivity index (χ4v) is 2.55. The van der Waals surface area contributed by atoms with Crippen molar-refractivity contribution in [2.24, 2.45) is 0 Å². The smallest absolute Gasteiger partial charge is 0.280 e. The minimum atomic E-state index is -1.04. The van der Waals surface area contributed by atoms with Crippen LogP contribution in [0.2, 0.25) is 0 Å². The van der Waals surface area contributed by atoms with Gasteiger partial charge in [-0.05, 0) is 0 Å². The maximum Gasteiger partial charge on any atom is 0.280 e. The molecule has 9 nitrogen and oxygen atoms in total. The lowest BCUT2D eigenvalue weighted by atomic mass is 10.2. The third kappa shape index (κ3) is 1.86. The first-order chi connectivity index (χ1) is 9.52. The number of aromatic amines is 1. The van der Waals surface area contributed by atoms with Gasteiger partial charge in [0.2, 0.25) is 5.95 Å². The molecule has 0 amide bonds. The molecule has 2 aromatic rings. The van der Waals surface area contributed by atoms with Crippen molar-refractivity contribution < 1.29 is 14.9 Å². The van der Waals surface area contributed by atoms with E-state index in [0.717, 1.165) is 0 Å². The monoisotopic (exact) mass is 301 g/mol. The second-order valence-corrected chi connectivity index (χ2v) is 4.96. The van der Waals surface area contributed by atoms with Gasteiger partial charge in [-0.3, -0.25) is 14.3 Å². The van der Waals surface area contributed by atoms with Gasteiger partial charge in [0.15, 0.2) is 17.4 Å². The minimum absolute atomic E-state index is 0.0624. The van der Waals surface area contributed by atoms with E-state index in [4.69, 9.17) is 27.2 Å². The molecule has 10 heteroatoms. The van der Waals surface area contributed by atoms with Crippen LogP contribution in [0.4, 0.5) is 5.95 Å². The van der Waals surface area contributed by atoms with Gasteiger partial charge in [-0.25, -0.2) is 4.98 Å². The van der Waals surface area contributed by atoms with E-state index >= 15 is 0 Å². The van der Waals surface area contributed by atoms with Crippen LogP contribution in [0.1, 0.15) is 6.23 Å². The number of rotatable bonds is 2. The number of fused-ring (bicyclic) bond motifs is 1. The van der Waals surface area contributed by atoms with E-state index in [1.54, 1.807) is 0 Å². The predicted octanol–water partition coefficient (Wildman–Crippen LogP) is -1.44. The standard InChI is InChI=1S/C10H12ClN5O4/c11-4-6(18)3(1-17)20-9(4)16-2-13-5-7(16)14-10(12)15-8(5)19/h2-4,6,9,17-18H,1H2,(H3,12,14,15,19)/t3-,4-,6-,9-/m1/s1. The zero-order valence-electron chi connectivity index (χ0n) is 10.1. The van der Waals surface area contributed by atoms with Gasteiger partial charge in [-0.2, -0.15) is 4.98 Å². The number of nitrogens with zero attached hydrogens (tertiary/aromatic N) is 3. The first-order valence-corrected chi connectivity index (χ1v) is 6.27. The molecule has 20 heavy (non-hydrogen) atoms. The van der Waals surface area contributed by atoms with Crippen molar-refractivity contribution in [1.29, 1.82) is 0 Å². The van der Waals surface area contributed by atoms with Crippen molar-refractivity contribution in [3.8, 4) is 0 Å². The second kappa shape index (κ2) is 4.70. The van der Waals surface area contributed by atoms with Crippen molar-refractivity contribution in [3.05, 3.63) is 16.7 Å². The quantitative estimate of drug-likeness (QED) is 0.498. The van der Waals surface area contributed by atoms with Gasteiger partial charge in [0.05, 0.1) is 12.9 Å². The molecular formula is C10H12ClN5O4. The number of nitrogens with two attached hydrogens (primary N) is 1. The van der Waals surface area contributed by atoms with Crippen LogP contribution in [0.5, 0.6) is 0 Å². The molecule has 0 aliphatic carbocycles. The molecule has 3 rings (SSSR count). The Morgan fingerprint density at radius 1 is 1.60 bits per heavy atom. The molecule has 1 aliphatic rings. The maximum atomic E-state index is 11.7. The van der Waals surface area contributed by atoms with Gasteiger partial charge >= 0.3 is 0 Å². The molecule has 0 aromatic carbocycles. The van der Waals surface area contributed by atoms with E-state index in [1.807, 2.05) is 0 Å². The fourth-order valence-electron chi connectivity index (χ4n) is 2.21. The number of anilines is 1. The van der Waals surface area contributed by atoms with Gasteiger partial charge in [-0.15, -0.1) is 11.6 Å². The van der Waals surface area contributed by atoms with Crippen molar-refractivity contribution in [2.75, 3.05) is 12.3 Å². The summed E-state index contributed by atoms with van der Waals surface area (Å²) in [6.07, 6.45) is -1.32. The molecule has 108 valence electrons. The largest absolute Gasteiger partial charge is 0.394 e. The Morgan fingerprint density at radius 2 is 2.35 bits per heavy atom. The summed E-state index contributed by atoms with van der Waals surface area (Å²) >= 11 is 6.09. The van der Waals surface area contributed by atoms with E-state index in [9.17, 15) is 9.90 Å². The maximum absolute atomic E-state index is 11.7. The summed E-state index contributed by atoms with van der Waals surface area (Å²) in [5.74, 6) is -0.0624. The van der Waals surface area contributed by atoms with Crippen molar-refractivity contribution >= 4 is 28.7 Å². The third-order valence-corrected chi connectivity index (χ3v) is 3.67. The van der Waals surface area contributed by atoms with Gasteiger partial charge < -0.3 is 20.7 Å². The molecule has 2 aromatic heterocycles. The number of aliphatic hydroxyl groups is 2. The summed E-state index contributed by atoms with van der Waals surface area (Å²) in [7, 11) is 0. The van der Waals surface area contributed by atoms with E-state index in [1.165, 1.54) is 10.9 Å². The Morgan fingerprint density at radius 3 is 3.00 bits per heavy atom. The number of halogens is 1. The van der Waals surface area contributed by atoms with Crippen LogP contribution in [-0.2, 0) is 4.74 Å². The summed E-state index contributed by atoms with van der Waals surface area (Å²) < 4.78 is 6.88. The summed E-state index contributed by atoms with van der Waals surface area (Å²) in [5.41, 5.74) is 5.31. The zero-order valence-corrected chi connectivity index (χ0v) is 10.9. The molecule has 0 bridgehead atoms. The zero-order chi connectivity index (χ0) is 14.4. The molecule has 0 radical (unpaired) electrons. The first-order valence-electron chi connectivity index (χ1n) is 5.83. The number of imidazole rings is 1. The number of aromatic nitrogens is 4. The number of nitrogens with one attached hydrogen (secondary N) is 1. The average Bonchev–Trinajstić information content (AvgIpc) is 2.93. The van der Waals surface area contributed by atoms with Crippen LogP contribution in [0.25, 0.3) is 11.2 Å². The van der Waals surface area contributed by atoms with Crippen LogP contribution < -0.4 is 11.3 Å². The van der Waals surface area contributed by atoms with Crippen LogP contribution in [0.3, 0.4) is 0 Å². The van der Waals surface area contributed by atoms with Crippen LogP contribution in [-0.4, -0.2) is 53.9 Å². The lowest BCUT2D eigenvalue weighted by Gasteiger charge is -2.15. The number of aliphatic hydroxyl groups excluding tert-OH is 2. The summed E-state index contributed by atoms with van der Waals surface area (Å²) in [5, 5.41) is 18.1. The molecule has 0 unspecified atom stereocenters. The highest BCUT2D eigenvalue weighted by molar-refractivity contribution is 6.21. The number of nitrogen functional groups attached to an aromatic ring is 1. The summed E-state index contributed by atoms with van der Waals surface area (Å²) in [4.78, 5) is 21.9. The van der Waals surface area contributed by atoms with Gasteiger partial charge in [0, 0.05) is 0 Å². The third-order valence-electron chi connectivity index (χ3n) is 3.20. The van der Waals surface area contributed by atoms with E-state index in [0.29, 0.717) is 0 Å². The molecule has 3 heterocycles. The lowest BCUT2D eigenvalue weighted by Crippen LogP contribution is -2.29. The van der Waals surface area contributed by atoms with E-state index < -0.39 is 29.4 Å². The normalized spacial score (nSPS) is 30.1. The predicted molar refractivity (Wildman–Crippen MR) is 69.2 cm³/mol. The van der Waals surface area contributed by atoms with Crippen LogP contribution >= 0.6 is 11.6 Å². The van der Waals surface area contributed by atoms with Gasteiger partial charge in [0.25, 0.3) is 5.56 Å². The molecule has 0 saturated carbocycles. The van der Waals surface area contributed by atoms with Gasteiger partial charge in [-0.1, -0.05) is 0 Å².